The number of hydrogen-bond donors (Lipinski definition) is 2. The predicted octanol–water partition coefficient (Wildman–Crippen LogP) is 0.951. The second kappa shape index (κ2) is 6.53. The second-order valence-electron chi connectivity index (χ2n) is 4.46. The summed E-state index contributed by atoms with van der Waals surface area (Å²) in [5.74, 6) is 0.533. The summed E-state index contributed by atoms with van der Waals surface area (Å²) in [5.41, 5.74) is 6.79. The number of aliphatic imine (C=N–C) groups is 1. The molecule has 0 amide bonds. The summed E-state index contributed by atoms with van der Waals surface area (Å²) in [5, 5.41) is 3.19. The van der Waals surface area contributed by atoms with Crippen LogP contribution in [0.1, 0.15) is 26.7 Å². The zero-order chi connectivity index (χ0) is 12.0. The molecule has 92 valence electrons. The topological polar surface area (TPSA) is 53.6 Å². The Kier molecular flexibility index (Phi) is 5.32. The van der Waals surface area contributed by atoms with Crippen molar-refractivity contribution in [1.29, 1.82) is 0 Å². The first-order valence-corrected chi connectivity index (χ1v) is 6.05. The maximum Gasteiger partial charge on any atom is 0.188 e. The van der Waals surface area contributed by atoms with Crippen molar-refractivity contribution in [3.63, 3.8) is 0 Å². The van der Waals surface area contributed by atoms with Crippen LogP contribution in [0.25, 0.3) is 0 Å². The summed E-state index contributed by atoms with van der Waals surface area (Å²) in [4.78, 5) is 6.69. The van der Waals surface area contributed by atoms with Gasteiger partial charge in [-0.3, -0.25) is 4.90 Å². The van der Waals surface area contributed by atoms with Crippen molar-refractivity contribution < 1.29 is 0 Å². The molecule has 0 saturated carbocycles. The largest absolute Gasteiger partial charge is 0.370 e. The van der Waals surface area contributed by atoms with E-state index in [2.05, 4.69) is 28.7 Å². The predicted molar refractivity (Wildman–Crippen MR) is 69.6 cm³/mol. The van der Waals surface area contributed by atoms with Gasteiger partial charge in [0.15, 0.2) is 5.96 Å². The molecule has 1 saturated heterocycles. The van der Waals surface area contributed by atoms with Gasteiger partial charge in [-0.2, -0.15) is 0 Å². The van der Waals surface area contributed by atoms with Crippen LogP contribution >= 0.6 is 0 Å². The first-order valence-electron chi connectivity index (χ1n) is 6.05. The summed E-state index contributed by atoms with van der Waals surface area (Å²) >= 11 is 0. The van der Waals surface area contributed by atoms with E-state index in [1.807, 2.05) is 6.92 Å². The van der Waals surface area contributed by atoms with E-state index in [9.17, 15) is 0 Å². The van der Waals surface area contributed by atoms with Crippen LogP contribution in [0, 0.1) is 0 Å². The molecule has 1 aliphatic rings. The third kappa shape index (κ3) is 4.23. The molecule has 0 aromatic rings. The summed E-state index contributed by atoms with van der Waals surface area (Å²) in [7, 11) is 0. The third-order valence-corrected chi connectivity index (χ3v) is 2.94. The summed E-state index contributed by atoms with van der Waals surface area (Å²) in [6, 6.07) is 0.614. The molecule has 0 spiro atoms. The highest BCUT2D eigenvalue weighted by Gasteiger charge is 2.22. The van der Waals surface area contributed by atoms with E-state index < -0.39 is 0 Å². The Morgan fingerprint density at radius 3 is 3.00 bits per heavy atom. The second-order valence-corrected chi connectivity index (χ2v) is 4.46. The van der Waals surface area contributed by atoms with Crippen LogP contribution in [0.4, 0.5) is 0 Å². The fourth-order valence-electron chi connectivity index (χ4n) is 2.04. The molecule has 0 aromatic carbocycles. The molecule has 0 radical (unpaired) electrons. The molecule has 4 nitrogen and oxygen atoms in total. The van der Waals surface area contributed by atoms with Crippen LogP contribution in [0.15, 0.2) is 17.1 Å². The van der Waals surface area contributed by atoms with Crippen LogP contribution in [0.2, 0.25) is 0 Å². The lowest BCUT2D eigenvalue weighted by molar-refractivity contribution is 0.267. The number of nitrogens with zero attached hydrogens (tertiary/aromatic N) is 2. The van der Waals surface area contributed by atoms with Crippen LogP contribution in [-0.2, 0) is 0 Å². The standard InChI is InChI=1S/C12H24N4/c1-4-16-7-5-6-11(16)9-15-12(13)14-8-10(2)3/h11H,2,4-9H2,1,3H3,(H3,13,14,15)/t11-/m0/s1. The highest BCUT2D eigenvalue weighted by atomic mass is 15.2. The number of rotatable bonds is 5. The van der Waals surface area contributed by atoms with Crippen LogP contribution in [-0.4, -0.2) is 43.1 Å². The van der Waals surface area contributed by atoms with Gasteiger partial charge >= 0.3 is 0 Å². The molecule has 1 heterocycles. The van der Waals surface area contributed by atoms with Crippen LogP contribution < -0.4 is 11.1 Å². The Balaban J connectivity index is 2.28. The monoisotopic (exact) mass is 224 g/mol. The molecule has 0 aliphatic carbocycles. The molecule has 1 aliphatic heterocycles. The van der Waals surface area contributed by atoms with E-state index in [0.717, 1.165) is 18.7 Å². The van der Waals surface area contributed by atoms with Crippen molar-refractivity contribution >= 4 is 5.96 Å². The van der Waals surface area contributed by atoms with Crippen molar-refractivity contribution in [3.05, 3.63) is 12.2 Å². The van der Waals surface area contributed by atoms with Gasteiger partial charge in [-0.15, -0.1) is 0 Å². The first-order chi connectivity index (χ1) is 7.63. The number of nitrogens with one attached hydrogen (secondary N) is 1. The lowest BCUT2D eigenvalue weighted by Crippen LogP contribution is -2.42. The molecule has 1 rings (SSSR count). The molecule has 16 heavy (non-hydrogen) atoms. The molecular weight excluding hydrogens is 200 g/mol. The normalized spacial score (nSPS) is 22.4. The smallest absolute Gasteiger partial charge is 0.188 e. The van der Waals surface area contributed by atoms with E-state index in [4.69, 9.17) is 5.73 Å². The van der Waals surface area contributed by atoms with E-state index >= 15 is 0 Å². The lowest BCUT2D eigenvalue weighted by Gasteiger charge is -2.23. The van der Waals surface area contributed by atoms with E-state index in [0.29, 0.717) is 18.5 Å². The minimum Gasteiger partial charge on any atom is -0.370 e. The zero-order valence-electron chi connectivity index (χ0n) is 10.5. The van der Waals surface area contributed by atoms with Gasteiger partial charge in [0, 0.05) is 12.6 Å². The average Bonchev–Trinajstić information content (AvgIpc) is 2.70. The molecule has 0 aromatic heterocycles. The fourth-order valence-corrected chi connectivity index (χ4v) is 2.04. The molecule has 0 unspecified atom stereocenters. The highest BCUT2D eigenvalue weighted by molar-refractivity contribution is 5.77. The number of nitrogens with two attached hydrogens (primary N) is 1. The van der Waals surface area contributed by atoms with Gasteiger partial charge < -0.3 is 11.1 Å². The van der Waals surface area contributed by atoms with E-state index in [1.54, 1.807) is 0 Å². The quantitative estimate of drug-likeness (QED) is 0.415. The van der Waals surface area contributed by atoms with Gasteiger partial charge in [0.05, 0.1) is 6.54 Å². The van der Waals surface area contributed by atoms with Gasteiger partial charge in [-0.25, -0.2) is 4.99 Å². The van der Waals surface area contributed by atoms with Crippen LogP contribution in [0.5, 0.6) is 0 Å². The SMILES string of the molecule is C=C(C)CN=C(N)NC[C@@H]1CCCN1CC. The van der Waals surface area contributed by atoms with Crippen molar-refractivity contribution in [1.82, 2.24) is 10.2 Å². The van der Waals surface area contributed by atoms with Crippen molar-refractivity contribution in [3.8, 4) is 0 Å². The summed E-state index contributed by atoms with van der Waals surface area (Å²) in [6.07, 6.45) is 2.55. The average molecular weight is 224 g/mol. The van der Waals surface area contributed by atoms with Crippen molar-refractivity contribution in [2.24, 2.45) is 10.7 Å². The Labute approximate surface area is 98.6 Å². The molecular formula is C12H24N4. The Morgan fingerprint density at radius 1 is 1.62 bits per heavy atom. The van der Waals surface area contributed by atoms with Gasteiger partial charge in [0.1, 0.15) is 0 Å². The number of likely N-dealkylation sites (N-methyl/N-ethyl adjacent to an activating group) is 1. The summed E-state index contributed by atoms with van der Waals surface area (Å²) in [6.45, 7) is 11.8. The molecule has 1 fully saturated rings. The lowest BCUT2D eigenvalue weighted by atomic mass is 10.2. The van der Waals surface area contributed by atoms with Crippen LogP contribution in [0.3, 0.4) is 0 Å². The fraction of sp³-hybridized carbons (Fsp3) is 0.750. The molecule has 4 heteroatoms. The van der Waals surface area contributed by atoms with Gasteiger partial charge in [0.25, 0.3) is 0 Å². The van der Waals surface area contributed by atoms with E-state index in [-0.39, 0.29) is 0 Å². The first kappa shape index (κ1) is 13.0. The third-order valence-electron chi connectivity index (χ3n) is 2.94. The van der Waals surface area contributed by atoms with Gasteiger partial charge in [0.2, 0.25) is 0 Å². The van der Waals surface area contributed by atoms with E-state index in [1.165, 1.54) is 19.4 Å². The van der Waals surface area contributed by atoms with Crippen molar-refractivity contribution in [2.75, 3.05) is 26.2 Å². The van der Waals surface area contributed by atoms with Crippen molar-refractivity contribution in [2.45, 2.75) is 32.7 Å². The molecule has 3 N–H and O–H groups in total. The highest BCUT2D eigenvalue weighted by Crippen LogP contribution is 2.15. The summed E-state index contributed by atoms with van der Waals surface area (Å²) < 4.78 is 0. The Morgan fingerprint density at radius 2 is 2.38 bits per heavy atom. The number of guanidine groups is 1. The number of hydrogen-bond acceptors (Lipinski definition) is 2. The maximum absolute atomic E-state index is 5.77. The number of likely N-dealkylation sites (tertiary alicyclic amines) is 1. The Bertz CT molecular complexity index is 260. The minimum absolute atomic E-state index is 0.533. The zero-order valence-corrected chi connectivity index (χ0v) is 10.5. The molecule has 0 bridgehead atoms. The molecule has 1 atom stereocenters. The van der Waals surface area contributed by atoms with Gasteiger partial charge in [-0.1, -0.05) is 19.1 Å². The minimum atomic E-state index is 0.533. The Hall–Kier alpha value is -1.03. The van der Waals surface area contributed by atoms with Gasteiger partial charge in [-0.05, 0) is 32.9 Å². The maximum atomic E-state index is 5.77.